The first kappa shape index (κ1) is 39.4. The van der Waals surface area contributed by atoms with Crippen molar-refractivity contribution in [2.24, 2.45) is 11.8 Å². The van der Waals surface area contributed by atoms with Crippen LogP contribution in [-0.4, -0.2) is 88.0 Å². The molecule has 3 aromatic heterocycles. The standard InChI is InChI=1S/C45H60N10O/c1-29-23-33(7-8-34(29)25-49-30(2)43-52-44(53-56-43)45(3,4)5)41(46)39-24-36(27-51-42(39)47)40-14-9-35(26-50-40)32-17-19-54(20-18-32)28-31-15-21-55(22-16-31)38-12-10-37(48-6)11-13-38/h8-10,12-14,23-24,26-27,31-33,37,46,48-49H,2,7,11,15-22,25,28H2,1,3-6H3,(H2,47,51). The van der Waals surface area contributed by atoms with Crippen LogP contribution < -0.4 is 16.4 Å². The molecule has 11 heteroatoms. The molecular weight excluding hydrogens is 697 g/mol. The van der Waals surface area contributed by atoms with E-state index < -0.39 is 0 Å². The van der Waals surface area contributed by atoms with Crippen LogP contribution in [0.4, 0.5) is 5.82 Å². The number of anilines is 1. The monoisotopic (exact) mass is 756 g/mol. The van der Waals surface area contributed by atoms with Crippen molar-refractivity contribution in [3.05, 3.63) is 107 Å². The first-order valence-electron chi connectivity index (χ1n) is 20.4. The molecule has 0 radical (unpaired) electrons. The summed E-state index contributed by atoms with van der Waals surface area (Å²) in [5.74, 6) is 2.61. The van der Waals surface area contributed by atoms with Gasteiger partial charge in [0.15, 0.2) is 5.82 Å². The second kappa shape index (κ2) is 17.1. The minimum absolute atomic E-state index is 0.107. The van der Waals surface area contributed by atoms with Gasteiger partial charge in [-0.05, 0) is 112 Å². The molecule has 7 rings (SSSR count). The molecule has 0 spiro atoms. The fourth-order valence-corrected chi connectivity index (χ4v) is 8.34. The highest BCUT2D eigenvalue weighted by molar-refractivity contribution is 6.05. The highest BCUT2D eigenvalue weighted by Crippen LogP contribution is 2.33. The number of hydrogen-bond acceptors (Lipinski definition) is 11. The van der Waals surface area contributed by atoms with Gasteiger partial charge in [0.2, 0.25) is 0 Å². The Bertz CT molecular complexity index is 2000. The molecular formula is C45H60N10O. The van der Waals surface area contributed by atoms with Gasteiger partial charge in [-0.2, -0.15) is 4.98 Å². The fraction of sp³-hybridized carbons (Fsp3) is 0.489. The topological polar surface area (TPSA) is 145 Å². The molecule has 2 fully saturated rings. The number of nitrogens with two attached hydrogens (primary N) is 1. The van der Waals surface area contributed by atoms with Crippen LogP contribution in [0.2, 0.25) is 0 Å². The van der Waals surface area contributed by atoms with Gasteiger partial charge in [0, 0.05) is 78.5 Å². The van der Waals surface area contributed by atoms with Crippen molar-refractivity contribution < 1.29 is 4.52 Å². The average molecular weight is 757 g/mol. The van der Waals surface area contributed by atoms with Crippen LogP contribution >= 0.6 is 0 Å². The van der Waals surface area contributed by atoms with Crippen LogP contribution in [0, 0.1) is 17.2 Å². The lowest BCUT2D eigenvalue weighted by Gasteiger charge is -2.39. The number of nitrogens with zero attached hydrogens (tertiary/aromatic N) is 6. The van der Waals surface area contributed by atoms with Crippen LogP contribution in [0.5, 0.6) is 0 Å². The summed E-state index contributed by atoms with van der Waals surface area (Å²) >= 11 is 0. The third-order valence-corrected chi connectivity index (χ3v) is 12.1. The van der Waals surface area contributed by atoms with E-state index in [-0.39, 0.29) is 11.3 Å². The van der Waals surface area contributed by atoms with Gasteiger partial charge in [-0.15, -0.1) is 0 Å². The number of nitrogen functional groups attached to an aromatic ring is 1. The maximum absolute atomic E-state index is 9.16. The molecule has 2 unspecified atom stereocenters. The van der Waals surface area contributed by atoms with E-state index in [0.717, 1.165) is 47.8 Å². The number of hydrogen-bond donors (Lipinski definition) is 4. The van der Waals surface area contributed by atoms with Gasteiger partial charge in [0.25, 0.3) is 5.89 Å². The van der Waals surface area contributed by atoms with Gasteiger partial charge in [0.1, 0.15) is 5.82 Å². The second-order valence-corrected chi connectivity index (χ2v) is 17.1. The molecule has 0 bridgehead atoms. The Morgan fingerprint density at radius 3 is 2.46 bits per heavy atom. The second-order valence-electron chi connectivity index (χ2n) is 17.1. The highest BCUT2D eigenvalue weighted by atomic mass is 16.5. The van der Waals surface area contributed by atoms with Crippen LogP contribution in [0.15, 0.2) is 88.9 Å². The molecule has 0 aromatic carbocycles. The molecule has 0 saturated carbocycles. The molecule has 3 aromatic rings. The average Bonchev–Trinajstić information content (AvgIpc) is 3.73. The zero-order valence-corrected chi connectivity index (χ0v) is 33.9. The lowest BCUT2D eigenvalue weighted by atomic mass is 9.85. The van der Waals surface area contributed by atoms with Crippen molar-refractivity contribution in [1.29, 1.82) is 5.41 Å². The number of rotatable bonds is 12. The maximum atomic E-state index is 9.16. The minimum atomic E-state index is -0.203. The summed E-state index contributed by atoms with van der Waals surface area (Å²) in [6, 6.07) is 6.78. The largest absolute Gasteiger partial charge is 0.383 e. The first-order chi connectivity index (χ1) is 26.9. The summed E-state index contributed by atoms with van der Waals surface area (Å²) in [5.41, 5.74) is 14.6. The molecule has 2 saturated heterocycles. The van der Waals surface area contributed by atoms with Crippen LogP contribution in [0.25, 0.3) is 17.0 Å². The quantitative estimate of drug-likeness (QED) is 0.140. The lowest BCUT2D eigenvalue weighted by molar-refractivity contribution is 0.142. The summed E-state index contributed by atoms with van der Waals surface area (Å²) in [6.07, 6.45) is 21.8. The number of allylic oxidation sites excluding steroid dienone is 3. The Kier molecular flexibility index (Phi) is 12.0. The van der Waals surface area contributed by atoms with Crippen LogP contribution in [0.1, 0.15) is 95.0 Å². The van der Waals surface area contributed by atoms with E-state index in [4.69, 9.17) is 20.7 Å². The van der Waals surface area contributed by atoms with E-state index >= 15 is 0 Å². The van der Waals surface area contributed by atoms with E-state index in [2.05, 4.69) is 91.6 Å². The third kappa shape index (κ3) is 9.22. The molecule has 0 amide bonds. The number of likely N-dealkylation sites (N-methyl/N-ethyl adjacent to an activating group) is 1. The summed E-state index contributed by atoms with van der Waals surface area (Å²) in [5, 5.41) is 19.9. The molecule has 5 heterocycles. The maximum Gasteiger partial charge on any atom is 0.273 e. The smallest absolute Gasteiger partial charge is 0.273 e. The van der Waals surface area contributed by atoms with Crippen molar-refractivity contribution in [2.45, 2.75) is 83.6 Å². The van der Waals surface area contributed by atoms with Crippen LogP contribution in [-0.2, 0) is 5.41 Å². The molecule has 4 aliphatic rings. The van der Waals surface area contributed by atoms with E-state index in [0.29, 0.717) is 59.4 Å². The lowest BCUT2D eigenvalue weighted by Crippen LogP contribution is -2.41. The number of likely N-dealkylation sites (tertiary alicyclic amines) is 2. The Morgan fingerprint density at radius 1 is 1.04 bits per heavy atom. The van der Waals surface area contributed by atoms with Gasteiger partial charge >= 0.3 is 0 Å². The Morgan fingerprint density at radius 2 is 1.82 bits per heavy atom. The van der Waals surface area contributed by atoms with E-state index in [1.807, 2.05) is 40.1 Å². The molecule has 2 aliphatic heterocycles. The molecule has 296 valence electrons. The predicted molar refractivity (Wildman–Crippen MR) is 226 cm³/mol. The molecule has 56 heavy (non-hydrogen) atoms. The molecule has 5 N–H and O–H groups in total. The van der Waals surface area contributed by atoms with Crippen LogP contribution in [0.3, 0.4) is 0 Å². The normalized spacial score (nSPS) is 21.4. The van der Waals surface area contributed by atoms with Crippen molar-refractivity contribution in [3.63, 3.8) is 0 Å². The van der Waals surface area contributed by atoms with Gasteiger partial charge in [-0.1, -0.05) is 62.9 Å². The number of piperidine rings is 2. The predicted octanol–water partition coefficient (Wildman–Crippen LogP) is 7.25. The van der Waals surface area contributed by atoms with Gasteiger partial charge < -0.3 is 36.1 Å². The molecule has 11 nitrogen and oxygen atoms in total. The van der Waals surface area contributed by atoms with E-state index in [9.17, 15) is 0 Å². The van der Waals surface area contributed by atoms with Crippen molar-refractivity contribution in [2.75, 3.05) is 52.0 Å². The highest BCUT2D eigenvalue weighted by Gasteiger charge is 2.27. The fourth-order valence-electron chi connectivity index (χ4n) is 8.34. The number of nitrogens with one attached hydrogen (secondary N) is 3. The SMILES string of the molecule is C=C(NCC1=CCC(C(=N)c2cc(-c3ccc(C4CCN(CC5CCN(C6=CCC(NC)C=C6)CC5)CC4)cn3)cnc2N)C=C1C)c1nc(C(C)(C)C)no1. The van der Waals surface area contributed by atoms with Gasteiger partial charge in [-0.25, -0.2) is 4.98 Å². The Labute approximate surface area is 332 Å². The summed E-state index contributed by atoms with van der Waals surface area (Å²) in [4.78, 5) is 19.2. The van der Waals surface area contributed by atoms with E-state index in [1.54, 1.807) is 6.20 Å². The van der Waals surface area contributed by atoms with Gasteiger partial charge in [0.05, 0.1) is 11.4 Å². The summed E-state index contributed by atoms with van der Waals surface area (Å²) in [6.45, 7) is 18.7. The zero-order valence-electron chi connectivity index (χ0n) is 33.9. The third-order valence-electron chi connectivity index (χ3n) is 12.1. The summed E-state index contributed by atoms with van der Waals surface area (Å²) < 4.78 is 5.43. The van der Waals surface area contributed by atoms with Crippen molar-refractivity contribution in [1.82, 2.24) is 40.5 Å². The summed E-state index contributed by atoms with van der Waals surface area (Å²) in [7, 11) is 2.03. The minimum Gasteiger partial charge on any atom is -0.383 e. The van der Waals surface area contributed by atoms with E-state index in [1.165, 1.54) is 56.6 Å². The Hall–Kier alpha value is -4.87. The first-order valence-corrected chi connectivity index (χ1v) is 20.4. The van der Waals surface area contributed by atoms with Crippen molar-refractivity contribution >= 4 is 17.2 Å². The van der Waals surface area contributed by atoms with Gasteiger partial charge in [-0.3, -0.25) is 4.98 Å². The number of pyridine rings is 2. The zero-order chi connectivity index (χ0) is 39.4. The van der Waals surface area contributed by atoms with Crippen molar-refractivity contribution in [3.8, 4) is 11.3 Å². The molecule has 2 aliphatic carbocycles. The Balaban J connectivity index is 0.885. The number of aromatic nitrogens is 4. The molecule has 2 atom stereocenters.